The number of hydrogen-bond acceptors (Lipinski definition) is 7. The number of rotatable bonds is 7. The SMILES string of the molecule is C[C@]1(NC(=O)CN(CC(=O)N[C@]2(C)CCS(=O)(=O)C2)C2CC2)CCS(=O)(=O)C1. The van der Waals surface area contributed by atoms with E-state index >= 15 is 0 Å². The average Bonchev–Trinajstić information content (AvgIpc) is 3.25. The van der Waals surface area contributed by atoms with Gasteiger partial charge in [-0.05, 0) is 39.5 Å². The fourth-order valence-electron chi connectivity index (χ4n) is 4.09. The van der Waals surface area contributed by atoms with Gasteiger partial charge in [0.05, 0.1) is 47.2 Å². The van der Waals surface area contributed by atoms with Crippen molar-refractivity contribution in [2.75, 3.05) is 36.1 Å². The monoisotopic (exact) mass is 435 g/mol. The second-order valence-electron chi connectivity index (χ2n) is 9.04. The molecule has 1 aliphatic carbocycles. The molecule has 2 heterocycles. The van der Waals surface area contributed by atoms with Gasteiger partial charge in [0.15, 0.2) is 19.7 Å². The summed E-state index contributed by atoms with van der Waals surface area (Å²) in [5.74, 6) is -0.590. The Kier molecular flexibility index (Phi) is 5.56. The standard InChI is InChI=1S/C17H29N3O6S2/c1-16(5-7-27(23,24)11-16)18-14(21)9-20(13-3-4-13)10-15(22)19-17(2)6-8-28(25,26)12-17/h13H,3-12H2,1-2H3,(H,18,21)(H,19,22)/t16-,17+. The summed E-state index contributed by atoms with van der Waals surface area (Å²) in [6.45, 7) is 3.49. The van der Waals surface area contributed by atoms with Crippen molar-refractivity contribution in [3.63, 3.8) is 0 Å². The first-order valence-electron chi connectivity index (χ1n) is 9.56. The molecule has 0 bridgehead atoms. The van der Waals surface area contributed by atoms with Crippen LogP contribution < -0.4 is 10.6 Å². The van der Waals surface area contributed by atoms with Gasteiger partial charge in [-0.25, -0.2) is 16.8 Å². The van der Waals surface area contributed by atoms with Crippen LogP contribution in [0.1, 0.15) is 39.5 Å². The van der Waals surface area contributed by atoms with Crippen molar-refractivity contribution in [2.24, 2.45) is 0 Å². The topological polar surface area (TPSA) is 130 Å². The van der Waals surface area contributed by atoms with Gasteiger partial charge in [-0.1, -0.05) is 0 Å². The molecule has 0 aromatic rings. The molecule has 0 aromatic heterocycles. The molecule has 1 saturated carbocycles. The van der Waals surface area contributed by atoms with Crippen LogP contribution in [0.25, 0.3) is 0 Å². The lowest BCUT2D eigenvalue weighted by molar-refractivity contribution is -0.126. The molecule has 2 aliphatic heterocycles. The quantitative estimate of drug-likeness (QED) is 0.516. The first kappa shape index (κ1) is 21.5. The second-order valence-corrected chi connectivity index (χ2v) is 13.4. The first-order valence-corrected chi connectivity index (χ1v) is 13.2. The summed E-state index contributed by atoms with van der Waals surface area (Å²) >= 11 is 0. The van der Waals surface area contributed by atoms with Gasteiger partial charge < -0.3 is 10.6 Å². The molecule has 0 aromatic carbocycles. The number of amides is 2. The van der Waals surface area contributed by atoms with Crippen molar-refractivity contribution in [3.05, 3.63) is 0 Å². The molecule has 2 saturated heterocycles. The molecule has 3 fully saturated rings. The Bertz CT molecular complexity index is 801. The Morgan fingerprint density at radius 1 is 0.857 bits per heavy atom. The van der Waals surface area contributed by atoms with Crippen LogP contribution in [-0.2, 0) is 29.3 Å². The normalized spacial score (nSPS) is 33.7. The molecular weight excluding hydrogens is 406 g/mol. The highest BCUT2D eigenvalue weighted by Crippen LogP contribution is 2.28. The zero-order chi connectivity index (χ0) is 20.8. The average molecular weight is 436 g/mol. The van der Waals surface area contributed by atoms with Crippen LogP contribution in [0.4, 0.5) is 0 Å². The Balaban J connectivity index is 1.54. The van der Waals surface area contributed by atoms with Crippen molar-refractivity contribution >= 4 is 31.5 Å². The summed E-state index contributed by atoms with van der Waals surface area (Å²) in [7, 11) is -6.24. The van der Waals surface area contributed by atoms with Crippen LogP contribution in [0.3, 0.4) is 0 Å². The molecule has 3 aliphatic rings. The Hall–Kier alpha value is -1.20. The lowest BCUT2D eigenvalue weighted by atomic mass is 10.0. The van der Waals surface area contributed by atoms with Gasteiger partial charge in [-0.2, -0.15) is 0 Å². The Morgan fingerprint density at radius 3 is 1.54 bits per heavy atom. The fourth-order valence-corrected chi connectivity index (χ4v) is 8.28. The van der Waals surface area contributed by atoms with Gasteiger partial charge in [0, 0.05) is 6.04 Å². The number of carbonyl (C=O) groups is 2. The maximum absolute atomic E-state index is 12.5. The fraction of sp³-hybridized carbons (Fsp3) is 0.882. The smallest absolute Gasteiger partial charge is 0.234 e. The summed E-state index contributed by atoms with van der Waals surface area (Å²) in [4.78, 5) is 26.7. The predicted octanol–water partition coefficient (Wildman–Crippen LogP) is -1.16. The van der Waals surface area contributed by atoms with Gasteiger partial charge in [-0.3, -0.25) is 14.5 Å². The summed E-state index contributed by atoms with van der Waals surface area (Å²) in [5, 5.41) is 5.64. The van der Waals surface area contributed by atoms with Gasteiger partial charge in [-0.15, -0.1) is 0 Å². The third-order valence-corrected chi connectivity index (χ3v) is 9.45. The van der Waals surface area contributed by atoms with Crippen molar-refractivity contribution in [3.8, 4) is 0 Å². The largest absolute Gasteiger partial charge is 0.349 e. The van der Waals surface area contributed by atoms with Crippen molar-refractivity contribution in [2.45, 2.75) is 56.7 Å². The van der Waals surface area contributed by atoms with Crippen LogP contribution in [0.5, 0.6) is 0 Å². The molecule has 2 amide bonds. The maximum Gasteiger partial charge on any atom is 0.234 e. The number of carbonyl (C=O) groups excluding carboxylic acids is 2. The zero-order valence-electron chi connectivity index (χ0n) is 16.4. The minimum absolute atomic E-state index is 0.0166. The number of sulfone groups is 2. The van der Waals surface area contributed by atoms with Gasteiger partial charge >= 0.3 is 0 Å². The van der Waals surface area contributed by atoms with E-state index in [0.717, 1.165) is 12.8 Å². The summed E-state index contributed by atoms with van der Waals surface area (Å²) < 4.78 is 46.8. The van der Waals surface area contributed by atoms with Gasteiger partial charge in [0.25, 0.3) is 0 Å². The highest BCUT2D eigenvalue weighted by atomic mass is 32.2. The highest BCUT2D eigenvalue weighted by Gasteiger charge is 2.42. The third-order valence-electron chi connectivity index (χ3n) is 5.65. The Labute approximate surface area is 166 Å². The minimum Gasteiger partial charge on any atom is -0.349 e. The molecule has 11 heteroatoms. The van der Waals surface area contributed by atoms with Crippen molar-refractivity contribution in [1.29, 1.82) is 0 Å². The molecule has 0 radical (unpaired) electrons. The molecule has 0 unspecified atom stereocenters. The lowest BCUT2D eigenvalue weighted by Gasteiger charge is -2.29. The summed E-state index contributed by atoms with van der Waals surface area (Å²) in [6, 6.07) is 0.150. The van der Waals surface area contributed by atoms with Gasteiger partial charge in [0.1, 0.15) is 0 Å². The van der Waals surface area contributed by atoms with E-state index in [4.69, 9.17) is 0 Å². The van der Waals surface area contributed by atoms with Crippen molar-refractivity contribution in [1.82, 2.24) is 15.5 Å². The molecule has 28 heavy (non-hydrogen) atoms. The van der Waals surface area contributed by atoms with E-state index in [-0.39, 0.29) is 54.0 Å². The maximum atomic E-state index is 12.5. The highest BCUT2D eigenvalue weighted by molar-refractivity contribution is 7.92. The molecule has 160 valence electrons. The summed E-state index contributed by atoms with van der Waals surface area (Å²) in [6.07, 6.45) is 2.57. The van der Waals surface area contributed by atoms with Crippen LogP contribution >= 0.6 is 0 Å². The second kappa shape index (κ2) is 7.24. The van der Waals surface area contributed by atoms with Crippen LogP contribution in [-0.4, -0.2) is 86.8 Å². The van der Waals surface area contributed by atoms with E-state index in [1.807, 2.05) is 0 Å². The van der Waals surface area contributed by atoms with E-state index < -0.39 is 30.8 Å². The summed E-state index contributed by atoms with van der Waals surface area (Å²) in [5.41, 5.74) is -1.53. The molecule has 2 atom stereocenters. The van der Waals surface area contributed by atoms with E-state index in [2.05, 4.69) is 10.6 Å². The molecule has 2 N–H and O–H groups in total. The third kappa shape index (κ3) is 5.66. The van der Waals surface area contributed by atoms with E-state index in [0.29, 0.717) is 12.8 Å². The lowest BCUT2D eigenvalue weighted by Crippen LogP contribution is -2.53. The van der Waals surface area contributed by atoms with E-state index in [1.165, 1.54) is 0 Å². The molecule has 9 nitrogen and oxygen atoms in total. The van der Waals surface area contributed by atoms with E-state index in [1.54, 1.807) is 18.7 Å². The van der Waals surface area contributed by atoms with Crippen molar-refractivity contribution < 1.29 is 26.4 Å². The van der Waals surface area contributed by atoms with Gasteiger partial charge in [0.2, 0.25) is 11.8 Å². The minimum atomic E-state index is -3.12. The van der Waals surface area contributed by atoms with Crippen LogP contribution in [0, 0.1) is 0 Å². The number of nitrogens with zero attached hydrogens (tertiary/aromatic N) is 1. The zero-order valence-corrected chi connectivity index (χ0v) is 18.0. The van der Waals surface area contributed by atoms with Crippen LogP contribution in [0.2, 0.25) is 0 Å². The number of hydrogen-bond donors (Lipinski definition) is 2. The molecule has 0 spiro atoms. The van der Waals surface area contributed by atoms with E-state index in [9.17, 15) is 26.4 Å². The predicted molar refractivity (Wildman–Crippen MR) is 104 cm³/mol. The van der Waals surface area contributed by atoms with Crippen LogP contribution in [0.15, 0.2) is 0 Å². The first-order chi connectivity index (χ1) is 12.8. The Morgan fingerprint density at radius 2 is 1.25 bits per heavy atom. The molecule has 3 rings (SSSR count). The number of nitrogens with one attached hydrogen (secondary N) is 2. The molecular formula is C17H29N3O6S2.